The van der Waals surface area contributed by atoms with Gasteiger partial charge in [-0.1, -0.05) is 49.4 Å². The van der Waals surface area contributed by atoms with E-state index in [0.717, 1.165) is 29.3 Å². The molecule has 6 heteroatoms. The van der Waals surface area contributed by atoms with Crippen molar-refractivity contribution >= 4 is 10.9 Å². The number of ether oxygens (including phenoxy) is 1. The molecule has 2 unspecified atom stereocenters. The minimum atomic E-state index is -1.41. The fourth-order valence-electron chi connectivity index (χ4n) is 4.05. The van der Waals surface area contributed by atoms with Crippen LogP contribution in [0.5, 0.6) is 0 Å². The minimum Gasteiger partial charge on any atom is -0.394 e. The summed E-state index contributed by atoms with van der Waals surface area (Å²) >= 11 is 0. The standard InChI is InChI=1S/C23H27NO5/c1-2-14-7-9-15(10-8-14)11-16-12-24(18-6-4-3-5-17(16)18)23-22(28)21(27)20(26)19(13-25)29-23/h3-10,12,19-23,25-28H,2,11,13H2,1H3/t19?,20-,21+,22-,23?/m1/s1. The predicted octanol–water partition coefficient (Wildman–Crippen LogP) is 1.77. The van der Waals surface area contributed by atoms with Gasteiger partial charge in [-0.25, -0.2) is 0 Å². The summed E-state index contributed by atoms with van der Waals surface area (Å²) in [6.07, 6.45) is -2.31. The van der Waals surface area contributed by atoms with Gasteiger partial charge in [-0.3, -0.25) is 0 Å². The molecule has 1 aliphatic rings. The fourth-order valence-corrected chi connectivity index (χ4v) is 4.05. The molecule has 2 aromatic carbocycles. The predicted molar refractivity (Wildman–Crippen MR) is 110 cm³/mol. The monoisotopic (exact) mass is 397 g/mol. The lowest BCUT2D eigenvalue weighted by molar-refractivity contribution is -0.250. The first kappa shape index (κ1) is 20.1. The van der Waals surface area contributed by atoms with E-state index in [0.29, 0.717) is 0 Å². The maximum atomic E-state index is 10.6. The molecule has 29 heavy (non-hydrogen) atoms. The van der Waals surface area contributed by atoms with Crippen molar-refractivity contribution in [3.05, 3.63) is 71.4 Å². The Balaban J connectivity index is 1.72. The first-order valence-electron chi connectivity index (χ1n) is 10.00. The van der Waals surface area contributed by atoms with Gasteiger partial charge in [0.1, 0.15) is 24.4 Å². The summed E-state index contributed by atoms with van der Waals surface area (Å²) in [6.45, 7) is 1.68. The van der Waals surface area contributed by atoms with E-state index in [-0.39, 0.29) is 0 Å². The van der Waals surface area contributed by atoms with E-state index in [1.165, 1.54) is 11.1 Å². The Kier molecular flexibility index (Phi) is 5.72. The molecule has 0 radical (unpaired) electrons. The van der Waals surface area contributed by atoms with Gasteiger partial charge in [0.15, 0.2) is 6.23 Å². The lowest BCUT2D eigenvalue weighted by Gasteiger charge is -2.40. The lowest BCUT2D eigenvalue weighted by Crippen LogP contribution is -2.56. The van der Waals surface area contributed by atoms with Crippen LogP contribution >= 0.6 is 0 Å². The molecule has 6 nitrogen and oxygen atoms in total. The molecule has 2 heterocycles. The molecule has 1 aromatic heterocycles. The zero-order valence-electron chi connectivity index (χ0n) is 16.3. The maximum absolute atomic E-state index is 10.6. The summed E-state index contributed by atoms with van der Waals surface area (Å²) in [7, 11) is 0. The minimum absolute atomic E-state index is 0.447. The van der Waals surface area contributed by atoms with E-state index in [1.807, 2.05) is 30.5 Å². The number of fused-ring (bicyclic) bond motifs is 1. The van der Waals surface area contributed by atoms with Gasteiger partial charge in [0.25, 0.3) is 0 Å². The van der Waals surface area contributed by atoms with Crippen LogP contribution in [0, 0.1) is 0 Å². The normalized spacial score (nSPS) is 27.4. The number of hydrogen-bond acceptors (Lipinski definition) is 5. The highest BCUT2D eigenvalue weighted by atomic mass is 16.6. The van der Waals surface area contributed by atoms with Crippen LogP contribution in [0.1, 0.15) is 29.8 Å². The molecule has 1 fully saturated rings. The number of aliphatic hydroxyl groups is 4. The molecule has 3 aromatic rings. The van der Waals surface area contributed by atoms with Crippen LogP contribution in [0.3, 0.4) is 0 Å². The highest BCUT2D eigenvalue weighted by Gasteiger charge is 2.44. The molecule has 4 N–H and O–H groups in total. The van der Waals surface area contributed by atoms with E-state index in [2.05, 4.69) is 31.2 Å². The first-order chi connectivity index (χ1) is 14.0. The summed E-state index contributed by atoms with van der Waals surface area (Å²) < 4.78 is 7.56. The van der Waals surface area contributed by atoms with Crippen LogP contribution in [0.4, 0.5) is 0 Å². The molecule has 4 rings (SSSR count). The second kappa shape index (κ2) is 8.26. The number of aromatic nitrogens is 1. The maximum Gasteiger partial charge on any atom is 0.163 e. The number of para-hydroxylation sites is 1. The van der Waals surface area contributed by atoms with Gasteiger partial charge in [0, 0.05) is 11.6 Å². The van der Waals surface area contributed by atoms with E-state index < -0.39 is 37.3 Å². The van der Waals surface area contributed by atoms with Gasteiger partial charge in [-0.15, -0.1) is 0 Å². The third-order valence-electron chi connectivity index (χ3n) is 5.79. The number of rotatable bonds is 5. The van der Waals surface area contributed by atoms with Gasteiger partial charge in [-0.2, -0.15) is 0 Å². The Morgan fingerprint density at radius 3 is 2.28 bits per heavy atom. The molecule has 0 saturated carbocycles. The summed E-state index contributed by atoms with van der Waals surface area (Å²) in [5.74, 6) is 0. The van der Waals surface area contributed by atoms with Crippen molar-refractivity contribution < 1.29 is 25.2 Å². The van der Waals surface area contributed by atoms with Gasteiger partial charge in [0.2, 0.25) is 0 Å². The Morgan fingerprint density at radius 2 is 1.59 bits per heavy atom. The Bertz CT molecular complexity index is 965. The molecule has 0 amide bonds. The number of hydrogen-bond donors (Lipinski definition) is 4. The van der Waals surface area contributed by atoms with Crippen LogP contribution < -0.4 is 0 Å². The van der Waals surface area contributed by atoms with E-state index >= 15 is 0 Å². The Hall–Kier alpha value is -2.22. The van der Waals surface area contributed by atoms with Crippen LogP contribution in [-0.4, -0.2) is 56.0 Å². The van der Waals surface area contributed by atoms with Crippen molar-refractivity contribution in [1.29, 1.82) is 0 Å². The second-order valence-corrected chi connectivity index (χ2v) is 7.65. The van der Waals surface area contributed by atoms with E-state index in [4.69, 9.17) is 4.74 Å². The lowest BCUT2D eigenvalue weighted by atomic mass is 9.98. The second-order valence-electron chi connectivity index (χ2n) is 7.65. The third kappa shape index (κ3) is 3.70. The smallest absolute Gasteiger partial charge is 0.163 e. The average molecular weight is 397 g/mol. The van der Waals surface area contributed by atoms with E-state index in [9.17, 15) is 20.4 Å². The first-order valence-corrected chi connectivity index (χ1v) is 10.00. The fraction of sp³-hybridized carbons (Fsp3) is 0.391. The Morgan fingerprint density at radius 1 is 0.897 bits per heavy atom. The molecule has 1 aliphatic heterocycles. The molecule has 5 atom stereocenters. The highest BCUT2D eigenvalue weighted by molar-refractivity contribution is 5.84. The summed E-state index contributed by atoms with van der Waals surface area (Å²) in [5, 5.41) is 41.3. The topological polar surface area (TPSA) is 95.1 Å². The molecular formula is C23H27NO5. The summed E-state index contributed by atoms with van der Waals surface area (Å²) in [6, 6.07) is 16.3. The molecule has 1 saturated heterocycles. The number of benzene rings is 2. The zero-order chi connectivity index (χ0) is 20.5. The van der Waals surface area contributed by atoms with Crippen molar-refractivity contribution in [2.24, 2.45) is 0 Å². The molecule has 154 valence electrons. The van der Waals surface area contributed by atoms with Crippen LogP contribution in [0.25, 0.3) is 10.9 Å². The van der Waals surface area contributed by atoms with E-state index in [1.54, 1.807) is 4.57 Å². The zero-order valence-corrected chi connectivity index (χ0v) is 16.3. The molecule has 0 aliphatic carbocycles. The van der Waals surface area contributed by atoms with Crippen molar-refractivity contribution in [2.45, 2.75) is 50.4 Å². The van der Waals surface area contributed by atoms with Crippen molar-refractivity contribution in [3.8, 4) is 0 Å². The molecule has 0 spiro atoms. The summed E-state index contributed by atoms with van der Waals surface area (Å²) in [5.41, 5.74) is 4.40. The number of aliphatic hydroxyl groups excluding tert-OH is 4. The third-order valence-corrected chi connectivity index (χ3v) is 5.79. The van der Waals surface area contributed by atoms with Crippen LogP contribution in [-0.2, 0) is 17.6 Å². The Labute approximate surface area is 169 Å². The quantitative estimate of drug-likeness (QED) is 0.526. The van der Waals surface area contributed by atoms with Gasteiger partial charge in [0.05, 0.1) is 12.1 Å². The SMILES string of the molecule is CCc1ccc(Cc2cn(C3OC(CO)[C@@H](O)[C@H](O)[C@H]3O)c3ccccc23)cc1. The average Bonchev–Trinajstić information content (AvgIpc) is 3.11. The van der Waals surface area contributed by atoms with Crippen molar-refractivity contribution in [1.82, 2.24) is 4.57 Å². The van der Waals surface area contributed by atoms with Gasteiger partial charge >= 0.3 is 0 Å². The van der Waals surface area contributed by atoms with Crippen molar-refractivity contribution in [3.63, 3.8) is 0 Å². The van der Waals surface area contributed by atoms with Crippen LogP contribution in [0.2, 0.25) is 0 Å². The van der Waals surface area contributed by atoms with Gasteiger partial charge < -0.3 is 29.7 Å². The van der Waals surface area contributed by atoms with Crippen LogP contribution in [0.15, 0.2) is 54.7 Å². The van der Waals surface area contributed by atoms with Crippen molar-refractivity contribution in [2.75, 3.05) is 6.61 Å². The molecule has 0 bridgehead atoms. The highest BCUT2D eigenvalue weighted by Crippen LogP contribution is 2.33. The molecular weight excluding hydrogens is 370 g/mol. The number of aryl methyl sites for hydroxylation is 1. The summed E-state index contributed by atoms with van der Waals surface area (Å²) in [4.78, 5) is 0. The van der Waals surface area contributed by atoms with Gasteiger partial charge in [-0.05, 0) is 35.6 Å². The largest absolute Gasteiger partial charge is 0.394 e. The number of nitrogens with zero attached hydrogens (tertiary/aromatic N) is 1.